The fourth-order valence-electron chi connectivity index (χ4n) is 2.41. The Kier molecular flexibility index (Phi) is 4.02. The van der Waals surface area contributed by atoms with E-state index in [2.05, 4.69) is 9.88 Å². The average Bonchev–Trinajstić information content (AvgIpc) is 2.75. The summed E-state index contributed by atoms with van der Waals surface area (Å²) >= 11 is 6.17. The summed E-state index contributed by atoms with van der Waals surface area (Å²) in [4.78, 5) is 6.43. The number of nitrogens with zero attached hydrogens (tertiary/aromatic N) is 2. The Bertz CT molecular complexity index is 343. The first-order valence-electron chi connectivity index (χ1n) is 5.89. The average molecular weight is 240 g/mol. The zero-order valence-corrected chi connectivity index (χ0v) is 10.2. The highest BCUT2D eigenvalue weighted by Crippen LogP contribution is 2.32. The van der Waals surface area contributed by atoms with E-state index in [1.54, 1.807) is 12.4 Å². The molecule has 1 unspecified atom stereocenters. The van der Waals surface area contributed by atoms with E-state index in [0.29, 0.717) is 6.04 Å². The molecule has 1 saturated heterocycles. The Morgan fingerprint density at radius 3 is 3.19 bits per heavy atom. The molecule has 0 saturated carbocycles. The maximum atomic E-state index is 6.17. The predicted octanol–water partition coefficient (Wildman–Crippen LogP) is 2.44. The van der Waals surface area contributed by atoms with Crippen molar-refractivity contribution in [3.05, 3.63) is 23.5 Å². The fourth-order valence-corrected chi connectivity index (χ4v) is 2.64. The summed E-state index contributed by atoms with van der Waals surface area (Å²) < 4.78 is 0. The van der Waals surface area contributed by atoms with Gasteiger partial charge in [0.25, 0.3) is 0 Å². The molecular weight excluding hydrogens is 222 g/mol. The molecule has 2 N–H and O–H groups in total. The van der Waals surface area contributed by atoms with Crippen molar-refractivity contribution >= 4 is 17.3 Å². The Labute approximate surface area is 102 Å². The summed E-state index contributed by atoms with van der Waals surface area (Å²) in [6.07, 6.45) is 8.26. The third-order valence-electron chi connectivity index (χ3n) is 3.18. The Morgan fingerprint density at radius 2 is 2.44 bits per heavy atom. The van der Waals surface area contributed by atoms with Crippen LogP contribution < -0.4 is 10.6 Å². The summed E-state index contributed by atoms with van der Waals surface area (Å²) in [5.74, 6) is 0. The van der Waals surface area contributed by atoms with E-state index in [1.807, 2.05) is 6.07 Å². The molecule has 1 aliphatic heterocycles. The molecule has 0 aliphatic carbocycles. The molecule has 0 spiro atoms. The lowest BCUT2D eigenvalue weighted by atomic mass is 10.1. The highest BCUT2D eigenvalue weighted by atomic mass is 35.5. The molecule has 1 aromatic heterocycles. The molecule has 2 rings (SSSR count). The monoisotopic (exact) mass is 239 g/mol. The first kappa shape index (κ1) is 11.7. The van der Waals surface area contributed by atoms with Crippen molar-refractivity contribution in [1.82, 2.24) is 4.98 Å². The van der Waals surface area contributed by atoms with Gasteiger partial charge in [-0.3, -0.25) is 4.98 Å². The Morgan fingerprint density at radius 1 is 1.56 bits per heavy atom. The molecule has 1 aliphatic rings. The summed E-state index contributed by atoms with van der Waals surface area (Å²) in [5.41, 5.74) is 6.69. The highest BCUT2D eigenvalue weighted by molar-refractivity contribution is 6.33. The molecule has 88 valence electrons. The first-order chi connectivity index (χ1) is 7.83. The van der Waals surface area contributed by atoms with Crippen LogP contribution in [0.3, 0.4) is 0 Å². The van der Waals surface area contributed by atoms with Crippen molar-refractivity contribution in [2.45, 2.75) is 31.7 Å². The minimum absolute atomic E-state index is 0.600. The van der Waals surface area contributed by atoms with Crippen LogP contribution in [-0.4, -0.2) is 24.1 Å². The summed E-state index contributed by atoms with van der Waals surface area (Å²) in [6, 6.07) is 2.60. The predicted molar refractivity (Wildman–Crippen MR) is 67.9 cm³/mol. The number of hydrogen-bond donors (Lipinski definition) is 1. The van der Waals surface area contributed by atoms with Crippen LogP contribution in [0.2, 0.25) is 5.02 Å². The largest absolute Gasteiger partial charge is 0.367 e. The number of anilines is 1. The first-order valence-corrected chi connectivity index (χ1v) is 6.27. The minimum Gasteiger partial charge on any atom is -0.367 e. The number of hydrogen-bond acceptors (Lipinski definition) is 3. The van der Waals surface area contributed by atoms with Gasteiger partial charge in [-0.05, 0) is 38.3 Å². The zero-order chi connectivity index (χ0) is 11.4. The SMILES string of the molecule is NCCCC1CCCN1c1ccncc1Cl. The molecule has 16 heavy (non-hydrogen) atoms. The standard InChI is InChI=1S/C12H18ClN3/c13-11-9-15-7-5-12(11)16-8-2-4-10(16)3-1-6-14/h5,7,9-10H,1-4,6,8,14H2. The molecule has 4 heteroatoms. The number of halogens is 1. The van der Waals surface area contributed by atoms with Crippen molar-refractivity contribution in [2.75, 3.05) is 18.0 Å². The summed E-state index contributed by atoms with van der Waals surface area (Å²) in [7, 11) is 0. The maximum absolute atomic E-state index is 6.17. The van der Waals surface area contributed by atoms with Crippen LogP contribution in [-0.2, 0) is 0 Å². The molecule has 0 amide bonds. The fraction of sp³-hybridized carbons (Fsp3) is 0.583. The number of nitrogens with two attached hydrogens (primary N) is 1. The minimum atomic E-state index is 0.600. The molecule has 0 aromatic carbocycles. The van der Waals surface area contributed by atoms with E-state index in [1.165, 1.54) is 12.8 Å². The van der Waals surface area contributed by atoms with Gasteiger partial charge in [0, 0.05) is 25.0 Å². The van der Waals surface area contributed by atoms with E-state index in [0.717, 1.165) is 36.6 Å². The lowest BCUT2D eigenvalue weighted by molar-refractivity contribution is 0.585. The quantitative estimate of drug-likeness (QED) is 0.878. The normalized spacial score (nSPS) is 20.4. The second-order valence-corrected chi connectivity index (χ2v) is 4.65. The lowest BCUT2D eigenvalue weighted by Crippen LogP contribution is -2.29. The lowest BCUT2D eigenvalue weighted by Gasteiger charge is -2.27. The van der Waals surface area contributed by atoms with E-state index < -0.39 is 0 Å². The van der Waals surface area contributed by atoms with E-state index in [9.17, 15) is 0 Å². The molecule has 1 fully saturated rings. The van der Waals surface area contributed by atoms with Crippen LogP contribution in [0.15, 0.2) is 18.5 Å². The van der Waals surface area contributed by atoms with Crippen molar-refractivity contribution in [1.29, 1.82) is 0 Å². The van der Waals surface area contributed by atoms with Crippen LogP contribution >= 0.6 is 11.6 Å². The van der Waals surface area contributed by atoms with Crippen molar-refractivity contribution in [3.8, 4) is 0 Å². The summed E-state index contributed by atoms with van der Waals surface area (Å²) in [5, 5.41) is 0.752. The van der Waals surface area contributed by atoms with Crippen LogP contribution in [0.25, 0.3) is 0 Å². The summed E-state index contributed by atoms with van der Waals surface area (Å²) in [6.45, 7) is 1.87. The van der Waals surface area contributed by atoms with Gasteiger partial charge >= 0.3 is 0 Å². The van der Waals surface area contributed by atoms with Crippen LogP contribution in [0.1, 0.15) is 25.7 Å². The molecule has 2 heterocycles. The second kappa shape index (κ2) is 5.51. The van der Waals surface area contributed by atoms with Crippen LogP contribution in [0.4, 0.5) is 5.69 Å². The van der Waals surface area contributed by atoms with E-state index in [-0.39, 0.29) is 0 Å². The number of rotatable bonds is 4. The van der Waals surface area contributed by atoms with Crippen molar-refractivity contribution < 1.29 is 0 Å². The third-order valence-corrected chi connectivity index (χ3v) is 3.47. The Hall–Kier alpha value is -0.800. The second-order valence-electron chi connectivity index (χ2n) is 4.25. The van der Waals surface area contributed by atoms with Gasteiger partial charge in [0.2, 0.25) is 0 Å². The highest BCUT2D eigenvalue weighted by Gasteiger charge is 2.25. The topological polar surface area (TPSA) is 42.1 Å². The van der Waals surface area contributed by atoms with Crippen LogP contribution in [0, 0.1) is 0 Å². The Balaban J connectivity index is 2.10. The van der Waals surface area contributed by atoms with Crippen molar-refractivity contribution in [2.24, 2.45) is 5.73 Å². The molecular formula is C12H18ClN3. The van der Waals surface area contributed by atoms with Gasteiger partial charge in [-0.1, -0.05) is 11.6 Å². The van der Waals surface area contributed by atoms with Gasteiger partial charge in [-0.25, -0.2) is 0 Å². The molecule has 1 atom stereocenters. The zero-order valence-electron chi connectivity index (χ0n) is 9.40. The van der Waals surface area contributed by atoms with Gasteiger partial charge in [-0.15, -0.1) is 0 Å². The van der Waals surface area contributed by atoms with Gasteiger partial charge < -0.3 is 10.6 Å². The van der Waals surface area contributed by atoms with E-state index in [4.69, 9.17) is 17.3 Å². The van der Waals surface area contributed by atoms with Gasteiger partial charge in [0.15, 0.2) is 0 Å². The molecule has 1 aromatic rings. The van der Waals surface area contributed by atoms with Gasteiger partial charge in [0.05, 0.1) is 10.7 Å². The van der Waals surface area contributed by atoms with E-state index >= 15 is 0 Å². The molecule has 0 bridgehead atoms. The van der Waals surface area contributed by atoms with Crippen LogP contribution in [0.5, 0.6) is 0 Å². The molecule has 3 nitrogen and oxygen atoms in total. The maximum Gasteiger partial charge on any atom is 0.0822 e. The number of aromatic nitrogens is 1. The van der Waals surface area contributed by atoms with Gasteiger partial charge in [0.1, 0.15) is 0 Å². The smallest absolute Gasteiger partial charge is 0.0822 e. The van der Waals surface area contributed by atoms with Gasteiger partial charge in [-0.2, -0.15) is 0 Å². The van der Waals surface area contributed by atoms with Crippen molar-refractivity contribution in [3.63, 3.8) is 0 Å². The molecule has 0 radical (unpaired) electrons. The third kappa shape index (κ3) is 2.47. The number of pyridine rings is 1.